The second kappa shape index (κ2) is 7.18. The molecule has 0 bridgehead atoms. The van der Waals surface area contributed by atoms with Crippen LogP contribution in [0.5, 0.6) is 0 Å². The number of carbonyl (C=O) groups excluding carboxylic acids is 1. The third-order valence-electron chi connectivity index (χ3n) is 3.98. The molecule has 0 atom stereocenters. The van der Waals surface area contributed by atoms with Gasteiger partial charge in [-0.05, 0) is 23.3 Å². The zero-order chi connectivity index (χ0) is 17.2. The van der Waals surface area contributed by atoms with Crippen molar-refractivity contribution in [3.05, 3.63) is 11.1 Å². The van der Waals surface area contributed by atoms with Crippen LogP contribution < -0.4 is 5.32 Å². The molecule has 3 rings (SSSR count). The first-order valence-electron chi connectivity index (χ1n) is 8.10. The van der Waals surface area contributed by atoms with E-state index >= 15 is 0 Å². The molecule has 2 aromatic rings. The van der Waals surface area contributed by atoms with Crippen LogP contribution in [0.4, 0.5) is 5.13 Å². The maximum Gasteiger partial charge on any atom is 0.236 e. The van der Waals surface area contributed by atoms with Gasteiger partial charge in [-0.2, -0.15) is 0 Å². The van der Waals surface area contributed by atoms with Crippen LogP contribution in [-0.2, 0) is 10.2 Å². The Morgan fingerprint density at radius 2 is 2.17 bits per heavy atom. The number of hydrogen-bond donors (Lipinski definition) is 1. The third-order valence-corrected chi connectivity index (χ3v) is 5.68. The lowest BCUT2D eigenvalue weighted by Gasteiger charge is -2.14. The molecule has 0 saturated heterocycles. The molecule has 1 aliphatic rings. The summed E-state index contributed by atoms with van der Waals surface area (Å²) in [5.41, 5.74) is 0.970. The minimum atomic E-state index is -0.0872. The van der Waals surface area contributed by atoms with E-state index in [4.69, 9.17) is 0 Å². The highest BCUT2D eigenvalue weighted by atomic mass is 32.2. The number of aromatic nitrogens is 5. The molecule has 1 amide bonds. The number of anilines is 1. The summed E-state index contributed by atoms with van der Waals surface area (Å²) in [6, 6.07) is 0.374. The van der Waals surface area contributed by atoms with E-state index in [2.05, 4.69) is 46.6 Å². The molecular formula is C15H22N6OS2. The second-order valence-corrected chi connectivity index (χ2v) is 8.77. The fourth-order valence-electron chi connectivity index (χ4n) is 2.62. The van der Waals surface area contributed by atoms with Gasteiger partial charge < -0.3 is 5.32 Å². The highest BCUT2D eigenvalue weighted by Crippen LogP contribution is 2.31. The largest absolute Gasteiger partial charge is 0.301 e. The Kier molecular flexibility index (Phi) is 5.19. The maximum absolute atomic E-state index is 12.2. The van der Waals surface area contributed by atoms with Gasteiger partial charge in [-0.15, -0.1) is 16.4 Å². The fourth-order valence-corrected chi connectivity index (χ4v) is 4.32. The van der Waals surface area contributed by atoms with Crippen molar-refractivity contribution in [1.29, 1.82) is 0 Å². The van der Waals surface area contributed by atoms with Crippen molar-refractivity contribution in [2.24, 2.45) is 0 Å². The van der Waals surface area contributed by atoms with Crippen molar-refractivity contribution in [2.45, 2.75) is 63.1 Å². The van der Waals surface area contributed by atoms with Gasteiger partial charge in [0.2, 0.25) is 11.1 Å². The number of nitrogens with zero attached hydrogens (tertiary/aromatic N) is 5. The van der Waals surface area contributed by atoms with Crippen molar-refractivity contribution in [3.63, 3.8) is 0 Å². The Hall–Kier alpha value is -1.48. The van der Waals surface area contributed by atoms with Gasteiger partial charge >= 0.3 is 0 Å². The lowest BCUT2D eigenvalue weighted by Crippen LogP contribution is -2.16. The van der Waals surface area contributed by atoms with Gasteiger partial charge in [0.1, 0.15) is 0 Å². The average molecular weight is 367 g/mol. The van der Waals surface area contributed by atoms with E-state index in [1.165, 1.54) is 35.9 Å². The quantitative estimate of drug-likeness (QED) is 0.818. The van der Waals surface area contributed by atoms with E-state index in [1.54, 1.807) is 0 Å². The Bertz CT molecular complexity index is 699. The van der Waals surface area contributed by atoms with Gasteiger partial charge in [-0.3, -0.25) is 4.79 Å². The van der Waals surface area contributed by atoms with E-state index in [-0.39, 0.29) is 17.1 Å². The smallest absolute Gasteiger partial charge is 0.236 e. The molecule has 1 N–H and O–H groups in total. The van der Waals surface area contributed by atoms with Gasteiger partial charge in [0.25, 0.3) is 0 Å². The minimum Gasteiger partial charge on any atom is -0.301 e. The Morgan fingerprint density at radius 1 is 1.42 bits per heavy atom. The van der Waals surface area contributed by atoms with Crippen LogP contribution in [0.2, 0.25) is 0 Å². The van der Waals surface area contributed by atoms with Crippen LogP contribution in [0.1, 0.15) is 58.2 Å². The molecule has 2 aromatic heterocycles. The van der Waals surface area contributed by atoms with Gasteiger partial charge in [0.15, 0.2) is 5.13 Å². The first-order valence-corrected chi connectivity index (χ1v) is 9.96. The molecule has 2 heterocycles. The van der Waals surface area contributed by atoms with Crippen LogP contribution in [0.25, 0.3) is 0 Å². The molecular weight excluding hydrogens is 344 g/mol. The fraction of sp³-hybridized carbons (Fsp3) is 0.667. The van der Waals surface area contributed by atoms with Crippen molar-refractivity contribution >= 4 is 34.1 Å². The van der Waals surface area contributed by atoms with Crippen molar-refractivity contribution in [3.8, 4) is 0 Å². The first-order chi connectivity index (χ1) is 11.4. The lowest BCUT2D eigenvalue weighted by molar-refractivity contribution is -0.113. The maximum atomic E-state index is 12.2. The molecule has 0 unspecified atom stereocenters. The summed E-state index contributed by atoms with van der Waals surface area (Å²) in [5, 5.41) is 18.1. The monoisotopic (exact) mass is 366 g/mol. The summed E-state index contributed by atoms with van der Waals surface area (Å²) in [4.78, 5) is 16.6. The van der Waals surface area contributed by atoms with Crippen molar-refractivity contribution in [1.82, 2.24) is 25.2 Å². The second-order valence-electron chi connectivity index (χ2n) is 6.97. The summed E-state index contributed by atoms with van der Waals surface area (Å²) in [6.07, 6.45) is 4.66. The van der Waals surface area contributed by atoms with E-state index in [9.17, 15) is 4.79 Å². The van der Waals surface area contributed by atoms with Crippen LogP contribution in [0, 0.1) is 0 Å². The summed E-state index contributed by atoms with van der Waals surface area (Å²) in [5.74, 6) is 0.188. The van der Waals surface area contributed by atoms with E-state index in [0.717, 1.165) is 18.5 Å². The number of rotatable bonds is 5. The van der Waals surface area contributed by atoms with Crippen LogP contribution in [0.3, 0.4) is 0 Å². The highest BCUT2D eigenvalue weighted by molar-refractivity contribution is 7.99. The third kappa shape index (κ3) is 4.13. The number of tetrazole rings is 1. The average Bonchev–Trinajstić information content (AvgIpc) is 3.24. The molecule has 24 heavy (non-hydrogen) atoms. The zero-order valence-corrected chi connectivity index (χ0v) is 15.8. The summed E-state index contributed by atoms with van der Waals surface area (Å²) < 4.78 is 1.87. The van der Waals surface area contributed by atoms with Gasteiger partial charge in [0.05, 0.1) is 17.5 Å². The minimum absolute atomic E-state index is 0.0163. The highest BCUT2D eigenvalue weighted by Gasteiger charge is 2.22. The molecule has 0 aliphatic heterocycles. The number of thiazole rings is 1. The molecule has 1 saturated carbocycles. The van der Waals surface area contributed by atoms with Crippen LogP contribution in [0.15, 0.2) is 10.5 Å². The van der Waals surface area contributed by atoms with Gasteiger partial charge in [-0.25, -0.2) is 9.67 Å². The summed E-state index contributed by atoms with van der Waals surface area (Å²) >= 11 is 2.83. The molecule has 0 radical (unpaired) electrons. The molecule has 1 aliphatic carbocycles. The predicted molar refractivity (Wildman–Crippen MR) is 95.5 cm³/mol. The summed E-state index contributed by atoms with van der Waals surface area (Å²) in [7, 11) is 0. The first kappa shape index (κ1) is 17.3. The zero-order valence-electron chi connectivity index (χ0n) is 14.2. The summed E-state index contributed by atoms with van der Waals surface area (Å²) in [6.45, 7) is 6.31. The van der Waals surface area contributed by atoms with Crippen LogP contribution >= 0.6 is 23.1 Å². The number of thioether (sulfide) groups is 1. The Labute approximate surface area is 149 Å². The normalized spacial score (nSPS) is 15.8. The van der Waals surface area contributed by atoms with E-state index in [1.807, 2.05) is 10.1 Å². The number of carbonyl (C=O) groups is 1. The van der Waals surface area contributed by atoms with Crippen molar-refractivity contribution < 1.29 is 4.79 Å². The standard InChI is InChI=1S/C15H22N6OS2/c1-15(2,3)11-8-23-13(16-11)17-12(22)9-24-14-18-19-20-21(14)10-6-4-5-7-10/h8,10H,4-7,9H2,1-3H3,(H,16,17,22). The number of amides is 1. The molecule has 130 valence electrons. The lowest BCUT2D eigenvalue weighted by atomic mass is 9.93. The molecule has 9 heteroatoms. The van der Waals surface area contributed by atoms with Gasteiger partial charge in [0, 0.05) is 10.8 Å². The number of nitrogens with one attached hydrogen (secondary N) is 1. The Morgan fingerprint density at radius 3 is 2.83 bits per heavy atom. The van der Waals surface area contributed by atoms with Gasteiger partial charge in [-0.1, -0.05) is 45.4 Å². The molecule has 1 fully saturated rings. The molecule has 0 spiro atoms. The van der Waals surface area contributed by atoms with Crippen molar-refractivity contribution in [2.75, 3.05) is 11.1 Å². The number of hydrogen-bond acceptors (Lipinski definition) is 7. The molecule has 7 nitrogen and oxygen atoms in total. The topological polar surface area (TPSA) is 85.6 Å². The molecule has 0 aromatic carbocycles. The van der Waals surface area contributed by atoms with Crippen LogP contribution in [-0.4, -0.2) is 36.9 Å². The van der Waals surface area contributed by atoms with E-state index < -0.39 is 0 Å². The Balaban J connectivity index is 1.55. The predicted octanol–water partition coefficient (Wildman–Crippen LogP) is 3.27. The SMILES string of the molecule is CC(C)(C)c1csc(NC(=O)CSc2nnnn2C2CCCC2)n1. The van der Waals surface area contributed by atoms with E-state index in [0.29, 0.717) is 16.3 Å².